The quantitative estimate of drug-likeness (QED) is 0.212. The zero-order valence-electron chi connectivity index (χ0n) is 20.2. The molecule has 1 aromatic carbocycles. The Morgan fingerprint density at radius 3 is 2.45 bits per heavy atom. The van der Waals surface area contributed by atoms with Gasteiger partial charge in [0.25, 0.3) is 0 Å². The summed E-state index contributed by atoms with van der Waals surface area (Å²) >= 11 is 6.04. The summed E-state index contributed by atoms with van der Waals surface area (Å²) in [7, 11) is 0. The number of carbonyl (C=O) groups is 1. The fourth-order valence-corrected chi connectivity index (χ4v) is 3.81. The van der Waals surface area contributed by atoms with Gasteiger partial charge in [-0.15, -0.1) is 6.58 Å². The zero-order chi connectivity index (χ0) is 24.6. The number of allylic oxidation sites excluding steroid dienone is 3. The van der Waals surface area contributed by atoms with E-state index in [1.165, 1.54) is 12.5 Å². The fraction of sp³-hybridized carbons (Fsp3) is 0.464. The van der Waals surface area contributed by atoms with Crippen LogP contribution in [-0.2, 0) is 16.0 Å². The Balaban J connectivity index is 2.38. The van der Waals surface area contributed by atoms with E-state index >= 15 is 0 Å². The number of aliphatic hydroxyl groups is 1. The van der Waals surface area contributed by atoms with Crippen molar-refractivity contribution in [2.75, 3.05) is 0 Å². The van der Waals surface area contributed by atoms with Gasteiger partial charge in [-0.05, 0) is 74.6 Å². The normalized spacial score (nSPS) is 15.3. The molecule has 33 heavy (non-hydrogen) atoms. The number of esters is 1. The Morgan fingerprint density at radius 2 is 1.85 bits per heavy atom. The largest absolute Gasteiger partial charge is 0.508 e. The van der Waals surface area contributed by atoms with Crippen molar-refractivity contribution in [2.24, 2.45) is 5.92 Å². The predicted molar refractivity (Wildman–Crippen MR) is 137 cm³/mol. The van der Waals surface area contributed by atoms with Gasteiger partial charge < -0.3 is 14.9 Å². The van der Waals surface area contributed by atoms with Gasteiger partial charge in [0, 0.05) is 18.9 Å². The van der Waals surface area contributed by atoms with Crippen molar-refractivity contribution < 1.29 is 19.7 Å². The molecular weight excluding hydrogens is 436 g/mol. The molecule has 0 bridgehead atoms. The van der Waals surface area contributed by atoms with Gasteiger partial charge in [0.1, 0.15) is 11.9 Å². The molecule has 4 nitrogen and oxygen atoms in total. The highest BCUT2D eigenvalue weighted by Gasteiger charge is 2.13. The van der Waals surface area contributed by atoms with E-state index in [1.54, 1.807) is 23.7 Å². The van der Waals surface area contributed by atoms with E-state index in [1.807, 2.05) is 25.1 Å². The number of phenolic OH excluding ortho intramolecular Hbond substituents is 1. The molecule has 0 spiro atoms. The highest BCUT2D eigenvalue weighted by Crippen LogP contribution is 2.22. The highest BCUT2D eigenvalue weighted by molar-refractivity contribution is 6.25. The summed E-state index contributed by atoms with van der Waals surface area (Å²) in [5.74, 6) is 0.288. The van der Waals surface area contributed by atoms with Crippen LogP contribution in [0.4, 0.5) is 0 Å². The molecule has 0 saturated carbocycles. The first-order valence-electron chi connectivity index (χ1n) is 11.6. The first kappa shape index (κ1) is 28.7. The Hall–Kier alpha value is -2.30. The summed E-state index contributed by atoms with van der Waals surface area (Å²) in [4.78, 5) is 11.3. The second-order valence-corrected chi connectivity index (χ2v) is 8.80. The average Bonchev–Trinajstić information content (AvgIpc) is 2.76. The van der Waals surface area contributed by atoms with Crippen molar-refractivity contribution in [1.82, 2.24) is 0 Å². The first-order valence-corrected chi connectivity index (χ1v) is 12.0. The Bertz CT molecular complexity index is 808. The number of phenols is 1. The van der Waals surface area contributed by atoms with Crippen molar-refractivity contribution in [3.8, 4) is 5.75 Å². The number of ether oxygens (including phenoxy) is 1. The third-order valence-electron chi connectivity index (χ3n) is 5.43. The van der Waals surface area contributed by atoms with Crippen LogP contribution in [0.3, 0.4) is 0 Å². The topological polar surface area (TPSA) is 66.8 Å². The molecule has 0 radical (unpaired) electrons. The van der Waals surface area contributed by atoms with Gasteiger partial charge in [-0.25, -0.2) is 0 Å². The Labute approximate surface area is 204 Å². The van der Waals surface area contributed by atoms with Crippen LogP contribution in [0.1, 0.15) is 64.9 Å². The molecule has 1 rings (SSSR count). The second kappa shape index (κ2) is 16.3. The summed E-state index contributed by atoms with van der Waals surface area (Å²) in [6.07, 6.45) is 12.7. The predicted octanol–water partition coefficient (Wildman–Crippen LogP) is 7.02. The van der Waals surface area contributed by atoms with Gasteiger partial charge in [0.2, 0.25) is 0 Å². The van der Waals surface area contributed by atoms with E-state index in [0.717, 1.165) is 36.8 Å². The lowest BCUT2D eigenvalue weighted by Crippen LogP contribution is -2.17. The van der Waals surface area contributed by atoms with Crippen molar-refractivity contribution >= 4 is 17.6 Å². The van der Waals surface area contributed by atoms with E-state index in [4.69, 9.17) is 16.3 Å². The molecule has 0 saturated heterocycles. The second-order valence-electron chi connectivity index (χ2n) is 8.59. The molecule has 0 heterocycles. The van der Waals surface area contributed by atoms with Gasteiger partial charge in [0.15, 0.2) is 0 Å². The van der Waals surface area contributed by atoms with Crippen molar-refractivity contribution in [3.63, 3.8) is 0 Å². The van der Waals surface area contributed by atoms with Crippen LogP contribution < -0.4 is 0 Å². The minimum Gasteiger partial charge on any atom is -0.508 e. The summed E-state index contributed by atoms with van der Waals surface area (Å²) in [5.41, 5.74) is 4.92. The minimum atomic E-state index is -0.443. The lowest BCUT2D eigenvalue weighted by Gasteiger charge is -2.18. The third kappa shape index (κ3) is 13.1. The van der Waals surface area contributed by atoms with Crippen LogP contribution >= 0.6 is 11.6 Å². The lowest BCUT2D eigenvalue weighted by atomic mass is 9.95. The summed E-state index contributed by atoms with van der Waals surface area (Å²) < 4.78 is 5.38. The Morgan fingerprint density at radius 1 is 1.15 bits per heavy atom. The van der Waals surface area contributed by atoms with E-state index < -0.39 is 6.10 Å². The molecule has 0 amide bonds. The fourth-order valence-electron chi connectivity index (χ4n) is 3.59. The number of carbonyl (C=O) groups excluding carboxylic acids is 1. The number of benzene rings is 1. The van der Waals surface area contributed by atoms with Gasteiger partial charge in [-0.2, -0.15) is 0 Å². The van der Waals surface area contributed by atoms with Crippen LogP contribution in [0.15, 0.2) is 71.8 Å². The number of rotatable bonds is 15. The van der Waals surface area contributed by atoms with Gasteiger partial charge >= 0.3 is 5.97 Å². The van der Waals surface area contributed by atoms with E-state index in [9.17, 15) is 15.0 Å². The third-order valence-corrected chi connectivity index (χ3v) is 5.74. The molecule has 2 N–H and O–H groups in total. The number of aromatic hydroxyl groups is 1. The molecule has 182 valence electrons. The monoisotopic (exact) mass is 474 g/mol. The van der Waals surface area contributed by atoms with Crippen molar-refractivity contribution in [2.45, 2.75) is 77.9 Å². The standard InChI is InChI=1S/C28H39ClO4/c1-5-9-28(33-23(4)30)22(3)18-21(2)12-13-25(20-29)10-7-6-8-11-27(32)19-24-14-16-26(31)17-15-24/h5-6,8,14-18,20-21,27-28,31-32H,1,7,9-13,19H2,2-4H3/b8-6-,22-18+,25-20-. The first-order chi connectivity index (χ1) is 15.7. The van der Waals surface area contributed by atoms with Crippen LogP contribution in [0.5, 0.6) is 5.75 Å². The van der Waals surface area contributed by atoms with Crippen LogP contribution in [0.25, 0.3) is 0 Å². The number of halogens is 1. The van der Waals surface area contributed by atoms with E-state index in [-0.39, 0.29) is 17.8 Å². The lowest BCUT2D eigenvalue weighted by molar-refractivity contribution is -0.144. The molecule has 3 atom stereocenters. The molecule has 0 aliphatic carbocycles. The molecule has 0 aliphatic rings. The molecule has 0 aliphatic heterocycles. The molecule has 5 heteroatoms. The minimum absolute atomic E-state index is 0.232. The smallest absolute Gasteiger partial charge is 0.303 e. The highest BCUT2D eigenvalue weighted by atomic mass is 35.5. The van der Waals surface area contributed by atoms with Gasteiger partial charge in [-0.1, -0.05) is 60.5 Å². The number of aliphatic hydroxyl groups excluding tert-OH is 1. The molecule has 0 aromatic heterocycles. The van der Waals surface area contributed by atoms with Gasteiger partial charge in [0.05, 0.1) is 6.10 Å². The number of hydrogen-bond donors (Lipinski definition) is 2. The van der Waals surface area contributed by atoms with E-state index in [0.29, 0.717) is 25.2 Å². The van der Waals surface area contributed by atoms with E-state index in [2.05, 4.69) is 25.7 Å². The van der Waals surface area contributed by atoms with Crippen LogP contribution in [-0.4, -0.2) is 28.4 Å². The SMILES string of the molecule is C=CCC(OC(C)=O)/C(C)=C/C(C)CC/C(=C\Cl)CC/C=C\CC(O)Cc1ccc(O)cc1. The molecule has 3 unspecified atom stereocenters. The molecule has 0 fully saturated rings. The van der Waals surface area contributed by atoms with Crippen molar-refractivity contribution in [3.05, 3.63) is 77.4 Å². The summed E-state index contributed by atoms with van der Waals surface area (Å²) in [6.45, 7) is 9.32. The summed E-state index contributed by atoms with van der Waals surface area (Å²) in [6, 6.07) is 6.92. The maximum absolute atomic E-state index is 11.3. The maximum atomic E-state index is 11.3. The van der Waals surface area contributed by atoms with Crippen molar-refractivity contribution in [1.29, 1.82) is 0 Å². The summed E-state index contributed by atoms with van der Waals surface area (Å²) in [5, 5.41) is 19.5. The number of hydrogen-bond acceptors (Lipinski definition) is 4. The Kier molecular flexibility index (Phi) is 14.2. The molecule has 1 aromatic rings. The van der Waals surface area contributed by atoms with Gasteiger partial charge in [-0.3, -0.25) is 4.79 Å². The van der Waals surface area contributed by atoms with Crippen LogP contribution in [0, 0.1) is 5.92 Å². The zero-order valence-corrected chi connectivity index (χ0v) is 20.9. The van der Waals surface area contributed by atoms with Crippen LogP contribution in [0.2, 0.25) is 0 Å². The maximum Gasteiger partial charge on any atom is 0.303 e. The molecular formula is C28H39ClO4. The average molecular weight is 475 g/mol.